The van der Waals surface area contributed by atoms with E-state index in [-0.39, 0.29) is 16.4 Å². The van der Waals surface area contributed by atoms with E-state index < -0.39 is 5.97 Å². The minimum absolute atomic E-state index is 0.165. The number of aromatic carboxylic acids is 1. The normalized spacial score (nSPS) is 10.0. The van der Waals surface area contributed by atoms with Crippen molar-refractivity contribution < 1.29 is 14.7 Å². The molecule has 0 radical (unpaired) electrons. The molecule has 5 heteroatoms. The minimum atomic E-state index is -1.18. The van der Waals surface area contributed by atoms with Gasteiger partial charge >= 0.3 is 5.97 Å². The highest BCUT2D eigenvalue weighted by atomic mass is 32.1. The van der Waals surface area contributed by atoms with Gasteiger partial charge in [0.25, 0.3) is 0 Å². The summed E-state index contributed by atoms with van der Waals surface area (Å²) in [6, 6.07) is 8.55. The number of rotatable bonds is 3. The summed E-state index contributed by atoms with van der Waals surface area (Å²) < 4.78 is 0. The Morgan fingerprint density at radius 3 is 2.50 bits per heavy atom. The van der Waals surface area contributed by atoms with Crippen LogP contribution in [0.25, 0.3) is 0 Å². The van der Waals surface area contributed by atoms with Gasteiger partial charge in [0.05, 0.1) is 5.51 Å². The molecule has 0 amide bonds. The SMILES string of the molecule is O=C(O)c1ncsc1C(=O)c1ccccc1. The second-order valence-electron chi connectivity index (χ2n) is 3.03. The molecular formula is C11H7NO3S. The van der Waals surface area contributed by atoms with Gasteiger partial charge in [0.2, 0.25) is 5.78 Å². The molecule has 0 aliphatic heterocycles. The largest absolute Gasteiger partial charge is 0.476 e. The summed E-state index contributed by atoms with van der Waals surface area (Å²) in [5.41, 5.74) is 1.65. The summed E-state index contributed by atoms with van der Waals surface area (Å²) in [5, 5.41) is 8.84. The number of hydrogen-bond acceptors (Lipinski definition) is 4. The van der Waals surface area contributed by atoms with E-state index in [9.17, 15) is 9.59 Å². The molecule has 0 fully saturated rings. The number of aromatic nitrogens is 1. The van der Waals surface area contributed by atoms with Crippen LogP contribution in [0.4, 0.5) is 0 Å². The third-order valence-corrected chi connectivity index (χ3v) is 2.84. The lowest BCUT2D eigenvalue weighted by Gasteiger charge is -1.98. The molecule has 2 aromatic rings. The van der Waals surface area contributed by atoms with Gasteiger partial charge in [0.1, 0.15) is 4.88 Å². The van der Waals surface area contributed by atoms with Crippen molar-refractivity contribution in [1.82, 2.24) is 4.98 Å². The van der Waals surface area contributed by atoms with Gasteiger partial charge in [-0.05, 0) is 0 Å². The second kappa shape index (κ2) is 4.24. The topological polar surface area (TPSA) is 67.3 Å². The molecule has 0 atom stereocenters. The van der Waals surface area contributed by atoms with E-state index >= 15 is 0 Å². The van der Waals surface area contributed by atoms with Gasteiger partial charge in [-0.25, -0.2) is 9.78 Å². The van der Waals surface area contributed by atoms with E-state index in [2.05, 4.69) is 4.98 Å². The molecule has 0 bridgehead atoms. The van der Waals surface area contributed by atoms with Crippen LogP contribution in [0, 0.1) is 0 Å². The van der Waals surface area contributed by atoms with E-state index in [1.807, 2.05) is 0 Å². The number of hydrogen-bond donors (Lipinski definition) is 1. The quantitative estimate of drug-likeness (QED) is 0.824. The Bertz CT molecular complexity index is 533. The van der Waals surface area contributed by atoms with Crippen LogP contribution in [0.15, 0.2) is 35.8 Å². The van der Waals surface area contributed by atoms with Crippen molar-refractivity contribution in [2.75, 3.05) is 0 Å². The first-order valence-corrected chi connectivity index (χ1v) is 5.34. The minimum Gasteiger partial charge on any atom is -0.476 e. The van der Waals surface area contributed by atoms with Crippen LogP contribution in [0.1, 0.15) is 25.7 Å². The smallest absolute Gasteiger partial charge is 0.356 e. The zero-order valence-electron chi connectivity index (χ0n) is 8.08. The van der Waals surface area contributed by atoms with Crippen molar-refractivity contribution in [3.63, 3.8) is 0 Å². The van der Waals surface area contributed by atoms with Gasteiger partial charge in [0, 0.05) is 5.56 Å². The third-order valence-electron chi connectivity index (χ3n) is 2.01. The molecule has 0 aliphatic rings. The van der Waals surface area contributed by atoms with Crippen LogP contribution >= 0.6 is 11.3 Å². The predicted octanol–water partition coefficient (Wildman–Crippen LogP) is 2.07. The molecule has 80 valence electrons. The van der Waals surface area contributed by atoms with Gasteiger partial charge in [-0.15, -0.1) is 11.3 Å². The van der Waals surface area contributed by atoms with Crippen molar-refractivity contribution in [2.24, 2.45) is 0 Å². The summed E-state index contributed by atoms with van der Waals surface area (Å²) >= 11 is 1.04. The molecule has 1 aromatic heterocycles. The number of carbonyl (C=O) groups excluding carboxylic acids is 1. The Labute approximate surface area is 95.2 Å². The summed E-state index contributed by atoms with van der Waals surface area (Å²) in [7, 11) is 0. The number of ketones is 1. The molecule has 0 aliphatic carbocycles. The van der Waals surface area contributed by atoms with Crippen molar-refractivity contribution in [1.29, 1.82) is 0 Å². The van der Waals surface area contributed by atoms with Crippen LogP contribution in [-0.4, -0.2) is 21.8 Å². The monoisotopic (exact) mass is 233 g/mol. The van der Waals surface area contributed by atoms with Crippen LogP contribution < -0.4 is 0 Å². The number of nitrogens with zero attached hydrogens (tertiary/aromatic N) is 1. The number of carboxylic acids is 1. The Morgan fingerprint density at radius 1 is 1.19 bits per heavy atom. The van der Waals surface area contributed by atoms with Gasteiger partial charge in [-0.2, -0.15) is 0 Å². The number of thiazole rings is 1. The summed E-state index contributed by atoms with van der Waals surface area (Å²) in [5.74, 6) is -1.49. The fourth-order valence-corrected chi connectivity index (χ4v) is 2.02. The van der Waals surface area contributed by atoms with Crippen LogP contribution in [0.3, 0.4) is 0 Å². The Morgan fingerprint density at radius 2 is 1.88 bits per heavy atom. The number of carboxylic acid groups (broad SMARTS) is 1. The van der Waals surface area contributed by atoms with Gasteiger partial charge in [-0.3, -0.25) is 4.79 Å². The first-order valence-electron chi connectivity index (χ1n) is 4.46. The van der Waals surface area contributed by atoms with Gasteiger partial charge in [0.15, 0.2) is 5.69 Å². The Hall–Kier alpha value is -2.01. The first-order chi connectivity index (χ1) is 7.70. The first kappa shape index (κ1) is 10.5. The maximum atomic E-state index is 11.9. The highest BCUT2D eigenvalue weighted by Crippen LogP contribution is 2.18. The molecule has 0 unspecified atom stereocenters. The maximum Gasteiger partial charge on any atom is 0.356 e. The van der Waals surface area contributed by atoms with Crippen molar-refractivity contribution in [3.8, 4) is 0 Å². The van der Waals surface area contributed by atoms with E-state index in [4.69, 9.17) is 5.11 Å². The van der Waals surface area contributed by atoms with Crippen molar-refractivity contribution >= 4 is 23.1 Å². The number of benzene rings is 1. The standard InChI is InChI=1S/C11H7NO3S/c13-9(7-4-2-1-3-5-7)10-8(11(14)15)12-6-16-10/h1-6H,(H,14,15). The molecule has 1 N–H and O–H groups in total. The molecule has 1 heterocycles. The summed E-state index contributed by atoms with van der Waals surface area (Å²) in [4.78, 5) is 26.6. The summed E-state index contributed by atoms with van der Waals surface area (Å²) in [6.07, 6.45) is 0. The third kappa shape index (κ3) is 1.85. The van der Waals surface area contributed by atoms with E-state index in [1.165, 1.54) is 5.51 Å². The van der Waals surface area contributed by atoms with Crippen molar-refractivity contribution in [3.05, 3.63) is 52.0 Å². The van der Waals surface area contributed by atoms with Crippen LogP contribution in [0.2, 0.25) is 0 Å². The summed E-state index contributed by atoms with van der Waals surface area (Å²) in [6.45, 7) is 0. The van der Waals surface area contributed by atoms with E-state index in [0.717, 1.165) is 11.3 Å². The molecule has 0 saturated heterocycles. The Balaban J connectivity index is 2.42. The average Bonchev–Trinajstić information content (AvgIpc) is 2.78. The molecule has 16 heavy (non-hydrogen) atoms. The van der Waals surface area contributed by atoms with Gasteiger partial charge < -0.3 is 5.11 Å². The highest BCUT2D eigenvalue weighted by molar-refractivity contribution is 7.12. The predicted molar refractivity (Wildman–Crippen MR) is 58.9 cm³/mol. The molecule has 0 saturated carbocycles. The van der Waals surface area contributed by atoms with E-state index in [0.29, 0.717) is 5.56 Å². The lowest BCUT2D eigenvalue weighted by atomic mass is 10.1. The second-order valence-corrected chi connectivity index (χ2v) is 3.89. The lowest BCUT2D eigenvalue weighted by Crippen LogP contribution is -2.07. The maximum absolute atomic E-state index is 11.9. The number of carbonyl (C=O) groups is 2. The fourth-order valence-electron chi connectivity index (χ4n) is 1.28. The molecule has 4 nitrogen and oxygen atoms in total. The van der Waals surface area contributed by atoms with Crippen molar-refractivity contribution in [2.45, 2.75) is 0 Å². The van der Waals surface area contributed by atoms with Crippen LogP contribution in [-0.2, 0) is 0 Å². The van der Waals surface area contributed by atoms with Gasteiger partial charge in [-0.1, -0.05) is 30.3 Å². The fraction of sp³-hybridized carbons (Fsp3) is 0. The molecular weight excluding hydrogens is 226 g/mol. The molecule has 0 spiro atoms. The average molecular weight is 233 g/mol. The molecule has 2 rings (SSSR count). The molecule has 1 aromatic carbocycles. The Kier molecular flexibility index (Phi) is 2.78. The zero-order chi connectivity index (χ0) is 11.5. The van der Waals surface area contributed by atoms with Crippen LogP contribution in [0.5, 0.6) is 0 Å². The highest BCUT2D eigenvalue weighted by Gasteiger charge is 2.20. The lowest BCUT2D eigenvalue weighted by molar-refractivity contribution is 0.0687. The zero-order valence-corrected chi connectivity index (χ0v) is 8.90. The van der Waals surface area contributed by atoms with E-state index in [1.54, 1.807) is 30.3 Å².